The van der Waals surface area contributed by atoms with Crippen LogP contribution in [-0.2, 0) is 0 Å². The molecule has 146 valence electrons. The van der Waals surface area contributed by atoms with E-state index in [1.54, 1.807) is 17.3 Å². The molecule has 1 amide bonds. The average molecular weight is 392 g/mol. The van der Waals surface area contributed by atoms with Crippen molar-refractivity contribution in [2.45, 2.75) is 19.3 Å². The third kappa shape index (κ3) is 4.17. The Balaban J connectivity index is 1.59. The Morgan fingerprint density at radius 3 is 2.74 bits per heavy atom. The summed E-state index contributed by atoms with van der Waals surface area (Å²) in [5, 5.41) is 7.46. The molecular weight excluding hydrogens is 379 g/mol. The van der Waals surface area contributed by atoms with Crippen molar-refractivity contribution >= 4 is 12.2 Å². The summed E-state index contributed by atoms with van der Waals surface area (Å²) < 4.78 is 66.9. The van der Waals surface area contributed by atoms with E-state index in [2.05, 4.69) is 20.1 Å². The van der Waals surface area contributed by atoms with Crippen molar-refractivity contribution in [3.8, 4) is 5.88 Å². The molecule has 2 aliphatic heterocycles. The first-order valence-corrected chi connectivity index (χ1v) is 7.54. The van der Waals surface area contributed by atoms with Crippen LogP contribution in [-0.4, -0.2) is 64.6 Å². The van der Waals surface area contributed by atoms with Gasteiger partial charge in [0.05, 0.1) is 12.2 Å². The first-order valence-electron chi connectivity index (χ1n) is 7.54. The number of halogens is 5. The monoisotopic (exact) mass is 392 g/mol. The Morgan fingerprint density at radius 1 is 1.30 bits per heavy atom. The molecule has 0 aromatic carbocycles. The van der Waals surface area contributed by atoms with Gasteiger partial charge in [-0.2, -0.15) is 13.9 Å². The van der Waals surface area contributed by atoms with Crippen LogP contribution in [0.3, 0.4) is 0 Å². The highest BCUT2D eigenvalue weighted by molar-refractivity contribution is 5.93. The molecule has 1 aromatic rings. The molecular formula is C14H13F5N6O2. The zero-order valence-corrected chi connectivity index (χ0v) is 13.5. The number of fused-ring (bicyclic) bond motifs is 1. The molecule has 0 saturated carbocycles. The Morgan fingerprint density at radius 2 is 2.07 bits per heavy atom. The van der Waals surface area contributed by atoms with Crippen molar-refractivity contribution in [3.05, 3.63) is 36.0 Å². The fourth-order valence-electron chi connectivity index (χ4n) is 2.50. The number of pyridine rings is 1. The van der Waals surface area contributed by atoms with Gasteiger partial charge in [0.2, 0.25) is 6.29 Å². The second-order valence-corrected chi connectivity index (χ2v) is 5.40. The lowest BCUT2D eigenvalue weighted by Gasteiger charge is -2.32. The summed E-state index contributed by atoms with van der Waals surface area (Å²) in [5.74, 6) is -2.89. The molecule has 0 fully saturated rings. The van der Waals surface area contributed by atoms with Gasteiger partial charge in [-0.3, -0.25) is 9.69 Å². The van der Waals surface area contributed by atoms with Gasteiger partial charge in [0.25, 0.3) is 18.2 Å². The number of amides is 1. The average Bonchev–Trinajstić information content (AvgIpc) is 3.17. The number of rotatable bonds is 7. The maximum atomic E-state index is 13.6. The van der Waals surface area contributed by atoms with E-state index in [1.165, 1.54) is 11.2 Å². The molecule has 1 unspecified atom stereocenters. The predicted octanol–water partition coefficient (Wildman–Crippen LogP) is 1.41. The second-order valence-electron chi connectivity index (χ2n) is 5.40. The van der Waals surface area contributed by atoms with Gasteiger partial charge in [0.15, 0.2) is 5.82 Å². The molecule has 27 heavy (non-hydrogen) atoms. The van der Waals surface area contributed by atoms with E-state index in [1.807, 2.05) is 0 Å². The third-order valence-corrected chi connectivity index (χ3v) is 3.61. The number of carbonyl (C=O) groups excluding carboxylic acids is 1. The van der Waals surface area contributed by atoms with Gasteiger partial charge in [-0.15, -0.1) is 0 Å². The molecule has 1 atom stereocenters. The molecule has 0 aliphatic carbocycles. The Labute approximate surface area is 149 Å². The molecule has 3 heterocycles. The van der Waals surface area contributed by atoms with Crippen LogP contribution in [0.4, 0.5) is 22.0 Å². The van der Waals surface area contributed by atoms with Crippen LogP contribution in [0, 0.1) is 5.82 Å². The number of aromatic nitrogens is 1. The summed E-state index contributed by atoms with van der Waals surface area (Å²) in [7, 11) is 0. The predicted molar refractivity (Wildman–Crippen MR) is 81.0 cm³/mol. The maximum Gasteiger partial charge on any atom is 0.388 e. The second kappa shape index (κ2) is 7.63. The number of alkyl halides is 4. The van der Waals surface area contributed by atoms with Crippen molar-refractivity contribution in [1.82, 2.24) is 25.1 Å². The summed E-state index contributed by atoms with van der Waals surface area (Å²) in [6.07, 6.45) is 2.14. The van der Waals surface area contributed by atoms with Gasteiger partial charge < -0.3 is 15.0 Å². The summed E-state index contributed by atoms with van der Waals surface area (Å²) in [5.41, 5.74) is -0.221. The summed E-state index contributed by atoms with van der Waals surface area (Å²) in [6, 6.07) is 0.702. The SMILES string of the molecule is O=C(NCN1C=CN2C=NN(CC(F)F)C21)c1cnc(OC(F)F)c(F)c1. The smallest absolute Gasteiger partial charge is 0.388 e. The van der Waals surface area contributed by atoms with Gasteiger partial charge in [-0.1, -0.05) is 0 Å². The zero-order chi connectivity index (χ0) is 19.6. The topological polar surface area (TPSA) is 73.3 Å². The quantitative estimate of drug-likeness (QED) is 0.708. The van der Waals surface area contributed by atoms with Crippen LogP contribution in [0.1, 0.15) is 10.4 Å². The molecule has 0 radical (unpaired) electrons. The number of hydrogen-bond acceptors (Lipinski definition) is 7. The number of ether oxygens (including phenoxy) is 1. The minimum absolute atomic E-state index is 0.101. The van der Waals surface area contributed by atoms with E-state index in [4.69, 9.17) is 0 Å². The lowest BCUT2D eigenvalue weighted by Crippen LogP contribution is -2.49. The number of nitrogens with zero attached hydrogens (tertiary/aromatic N) is 5. The number of carbonyl (C=O) groups is 1. The first-order chi connectivity index (χ1) is 12.8. The van der Waals surface area contributed by atoms with E-state index < -0.39 is 43.5 Å². The number of hydrazone groups is 1. The van der Waals surface area contributed by atoms with Gasteiger partial charge in [0, 0.05) is 18.6 Å². The molecule has 0 bridgehead atoms. The summed E-state index contributed by atoms with van der Waals surface area (Å²) >= 11 is 0. The third-order valence-electron chi connectivity index (χ3n) is 3.61. The van der Waals surface area contributed by atoms with Crippen LogP contribution in [0.15, 0.2) is 29.8 Å². The van der Waals surface area contributed by atoms with E-state index in [-0.39, 0.29) is 12.2 Å². The molecule has 13 heteroatoms. The highest BCUT2D eigenvalue weighted by Crippen LogP contribution is 2.23. The molecule has 1 N–H and O–H groups in total. The first kappa shape index (κ1) is 18.7. The van der Waals surface area contributed by atoms with E-state index in [0.29, 0.717) is 6.07 Å². The van der Waals surface area contributed by atoms with Crippen molar-refractivity contribution in [2.24, 2.45) is 5.10 Å². The highest BCUT2D eigenvalue weighted by Gasteiger charge is 2.36. The van der Waals surface area contributed by atoms with Crippen LogP contribution >= 0.6 is 0 Å². The van der Waals surface area contributed by atoms with E-state index >= 15 is 0 Å². The van der Waals surface area contributed by atoms with Crippen molar-refractivity contribution in [3.63, 3.8) is 0 Å². The van der Waals surface area contributed by atoms with Crippen molar-refractivity contribution in [2.75, 3.05) is 13.2 Å². The summed E-state index contributed by atoms with van der Waals surface area (Å²) in [4.78, 5) is 18.5. The fraction of sp³-hybridized carbons (Fsp3) is 0.357. The van der Waals surface area contributed by atoms with Gasteiger partial charge >= 0.3 is 6.61 Å². The molecule has 0 saturated heterocycles. The van der Waals surface area contributed by atoms with Gasteiger partial charge in [-0.05, 0) is 6.07 Å². The van der Waals surface area contributed by atoms with E-state index in [0.717, 1.165) is 11.2 Å². The van der Waals surface area contributed by atoms with Crippen molar-refractivity contribution < 1.29 is 31.5 Å². The normalized spacial score (nSPS) is 18.0. The zero-order valence-electron chi connectivity index (χ0n) is 13.5. The molecule has 0 spiro atoms. The van der Waals surface area contributed by atoms with Crippen LogP contribution in [0.25, 0.3) is 0 Å². The Bertz CT molecular complexity index is 762. The van der Waals surface area contributed by atoms with Gasteiger partial charge in [0.1, 0.15) is 12.9 Å². The maximum absolute atomic E-state index is 13.6. The highest BCUT2D eigenvalue weighted by atomic mass is 19.3. The fourth-order valence-corrected chi connectivity index (χ4v) is 2.50. The molecule has 3 rings (SSSR count). The lowest BCUT2D eigenvalue weighted by molar-refractivity contribution is -0.0553. The van der Waals surface area contributed by atoms with Crippen molar-refractivity contribution in [1.29, 1.82) is 0 Å². The Kier molecular flexibility index (Phi) is 5.28. The lowest BCUT2D eigenvalue weighted by atomic mass is 10.2. The molecule has 2 aliphatic rings. The van der Waals surface area contributed by atoms with Gasteiger partial charge in [-0.25, -0.2) is 23.2 Å². The standard InChI is InChI=1S/C14H13F5N6O2/c15-9-3-8(4-20-12(9)27-13(18)19)11(26)21-6-23-1-2-24-7-22-25(14(23)24)5-10(16)17/h1-4,7,10,13-14H,5-6H2,(H,21,26). The molecule has 1 aromatic heterocycles. The molecule has 8 nitrogen and oxygen atoms in total. The van der Waals surface area contributed by atoms with Crippen LogP contribution in [0.2, 0.25) is 0 Å². The minimum Gasteiger partial charge on any atom is -0.414 e. The van der Waals surface area contributed by atoms with Crippen LogP contribution in [0.5, 0.6) is 5.88 Å². The van der Waals surface area contributed by atoms with E-state index in [9.17, 15) is 26.7 Å². The Hall–Kier alpha value is -3.12. The largest absolute Gasteiger partial charge is 0.414 e. The minimum atomic E-state index is -3.25. The summed E-state index contributed by atoms with van der Waals surface area (Å²) in [6.45, 7) is -3.94. The number of hydrogen-bond donors (Lipinski definition) is 1. The number of nitrogens with one attached hydrogen (secondary N) is 1. The van der Waals surface area contributed by atoms with Crippen LogP contribution < -0.4 is 10.1 Å².